The topological polar surface area (TPSA) is 67.4 Å². The maximum Gasteiger partial charge on any atom is 0.265 e. The van der Waals surface area contributed by atoms with Gasteiger partial charge in [0.05, 0.1) is 29.7 Å². The zero-order valence-electron chi connectivity index (χ0n) is 14.5. The standard InChI is InChI=1S/C18H20F2N4O2/c1-11-9-24(10-12(2)26-11)16-4-3-13(7-22-16)18(25)23-15-5-14(17(19)20)6-21-8-15/h3-8,11-12,17H,9-10H2,1-2H3,(H,23,25). The fourth-order valence-electron chi connectivity index (χ4n) is 2.92. The summed E-state index contributed by atoms with van der Waals surface area (Å²) in [6.45, 7) is 5.47. The fourth-order valence-corrected chi connectivity index (χ4v) is 2.92. The number of carbonyl (C=O) groups is 1. The first-order valence-electron chi connectivity index (χ1n) is 8.33. The van der Waals surface area contributed by atoms with Crippen LogP contribution < -0.4 is 10.2 Å². The van der Waals surface area contributed by atoms with Crippen LogP contribution in [0.1, 0.15) is 36.2 Å². The van der Waals surface area contributed by atoms with Gasteiger partial charge in [-0.3, -0.25) is 9.78 Å². The average molecular weight is 362 g/mol. The number of halogens is 2. The van der Waals surface area contributed by atoms with E-state index in [1.165, 1.54) is 18.5 Å². The van der Waals surface area contributed by atoms with E-state index in [9.17, 15) is 13.6 Å². The Hall–Kier alpha value is -2.61. The van der Waals surface area contributed by atoms with E-state index >= 15 is 0 Å². The summed E-state index contributed by atoms with van der Waals surface area (Å²) < 4.78 is 31.1. The third kappa shape index (κ3) is 4.32. The zero-order chi connectivity index (χ0) is 18.7. The lowest BCUT2D eigenvalue weighted by atomic mass is 10.2. The first kappa shape index (κ1) is 18.2. The molecule has 3 rings (SSSR count). The van der Waals surface area contributed by atoms with E-state index in [4.69, 9.17) is 4.74 Å². The fraction of sp³-hybridized carbons (Fsp3) is 0.389. The Morgan fingerprint density at radius 1 is 1.23 bits per heavy atom. The van der Waals surface area contributed by atoms with Gasteiger partial charge in [-0.2, -0.15) is 0 Å². The highest BCUT2D eigenvalue weighted by Gasteiger charge is 2.23. The van der Waals surface area contributed by atoms with E-state index in [1.54, 1.807) is 12.1 Å². The predicted molar refractivity (Wildman–Crippen MR) is 93.6 cm³/mol. The van der Waals surface area contributed by atoms with Crippen molar-refractivity contribution in [1.82, 2.24) is 9.97 Å². The number of rotatable bonds is 4. The maximum atomic E-state index is 12.7. The minimum absolute atomic E-state index is 0.109. The number of aromatic nitrogens is 2. The first-order chi connectivity index (χ1) is 12.4. The molecule has 0 aromatic carbocycles. The molecule has 0 aliphatic carbocycles. The van der Waals surface area contributed by atoms with E-state index in [-0.39, 0.29) is 23.5 Å². The molecule has 2 unspecified atom stereocenters. The lowest BCUT2D eigenvalue weighted by Gasteiger charge is -2.36. The predicted octanol–water partition coefficient (Wildman–Crippen LogP) is 3.28. The van der Waals surface area contributed by atoms with Crippen LogP contribution in [0.25, 0.3) is 0 Å². The zero-order valence-corrected chi connectivity index (χ0v) is 14.5. The van der Waals surface area contributed by atoms with E-state index in [1.807, 2.05) is 13.8 Å². The smallest absolute Gasteiger partial charge is 0.265 e. The molecule has 1 fully saturated rings. The van der Waals surface area contributed by atoms with E-state index in [2.05, 4.69) is 20.2 Å². The van der Waals surface area contributed by atoms with Crippen molar-refractivity contribution in [3.05, 3.63) is 47.9 Å². The second kappa shape index (κ2) is 7.74. The quantitative estimate of drug-likeness (QED) is 0.904. The Bertz CT molecular complexity index is 760. The number of nitrogens with zero attached hydrogens (tertiary/aromatic N) is 3. The lowest BCUT2D eigenvalue weighted by molar-refractivity contribution is -0.00546. The minimum atomic E-state index is -2.64. The number of anilines is 2. The van der Waals surface area contributed by atoms with Crippen LogP contribution in [0.2, 0.25) is 0 Å². The number of nitrogens with one attached hydrogen (secondary N) is 1. The number of alkyl halides is 2. The van der Waals surface area contributed by atoms with Gasteiger partial charge in [-0.15, -0.1) is 0 Å². The molecule has 0 saturated carbocycles. The van der Waals surface area contributed by atoms with E-state index in [0.29, 0.717) is 5.56 Å². The van der Waals surface area contributed by atoms with Crippen molar-refractivity contribution in [3.8, 4) is 0 Å². The van der Waals surface area contributed by atoms with Crippen LogP contribution in [-0.2, 0) is 4.74 Å². The Morgan fingerprint density at radius 3 is 2.58 bits per heavy atom. The Balaban J connectivity index is 1.68. The van der Waals surface area contributed by atoms with E-state index < -0.39 is 12.3 Å². The number of hydrogen-bond acceptors (Lipinski definition) is 5. The van der Waals surface area contributed by atoms with Crippen LogP contribution in [0.3, 0.4) is 0 Å². The first-order valence-corrected chi connectivity index (χ1v) is 8.33. The van der Waals surface area contributed by atoms with Gasteiger partial charge in [0, 0.05) is 31.0 Å². The van der Waals surface area contributed by atoms with E-state index in [0.717, 1.165) is 25.1 Å². The molecule has 8 heteroatoms. The summed E-state index contributed by atoms with van der Waals surface area (Å²) in [4.78, 5) is 22.5. The molecule has 138 valence electrons. The molecule has 2 aromatic rings. The number of amides is 1. The second-order valence-corrected chi connectivity index (χ2v) is 6.33. The van der Waals surface area contributed by atoms with Crippen molar-refractivity contribution in [2.45, 2.75) is 32.5 Å². The molecule has 2 aromatic heterocycles. The Morgan fingerprint density at radius 2 is 1.96 bits per heavy atom. The molecule has 0 bridgehead atoms. The van der Waals surface area contributed by atoms with Gasteiger partial charge >= 0.3 is 0 Å². The van der Waals surface area contributed by atoms with Gasteiger partial charge in [-0.1, -0.05) is 0 Å². The van der Waals surface area contributed by atoms with Gasteiger partial charge in [-0.05, 0) is 32.0 Å². The summed E-state index contributed by atoms with van der Waals surface area (Å²) in [6, 6.07) is 4.63. The summed E-state index contributed by atoms with van der Waals surface area (Å²) in [5, 5.41) is 2.56. The van der Waals surface area contributed by atoms with Gasteiger partial charge in [0.1, 0.15) is 5.82 Å². The lowest BCUT2D eigenvalue weighted by Crippen LogP contribution is -2.45. The molecule has 1 aliphatic rings. The number of carbonyl (C=O) groups excluding carboxylic acids is 1. The van der Waals surface area contributed by atoms with Crippen molar-refractivity contribution >= 4 is 17.4 Å². The summed E-state index contributed by atoms with van der Waals surface area (Å²) in [6.07, 6.45) is 1.44. The van der Waals surface area contributed by atoms with Gasteiger partial charge in [0.2, 0.25) is 0 Å². The van der Waals surface area contributed by atoms with Gasteiger partial charge in [0.25, 0.3) is 12.3 Å². The Kier molecular flexibility index (Phi) is 5.41. The molecule has 3 heterocycles. The maximum absolute atomic E-state index is 12.7. The van der Waals surface area contributed by atoms with Crippen molar-refractivity contribution in [3.63, 3.8) is 0 Å². The highest BCUT2D eigenvalue weighted by Crippen LogP contribution is 2.21. The number of morpholine rings is 1. The average Bonchev–Trinajstić information content (AvgIpc) is 2.61. The van der Waals surface area contributed by atoms with Gasteiger partial charge < -0.3 is 15.0 Å². The normalized spacial score (nSPS) is 20.3. The molecule has 6 nitrogen and oxygen atoms in total. The molecule has 1 saturated heterocycles. The second-order valence-electron chi connectivity index (χ2n) is 6.33. The highest BCUT2D eigenvalue weighted by molar-refractivity contribution is 6.04. The molecular weight excluding hydrogens is 342 g/mol. The third-order valence-electron chi connectivity index (χ3n) is 4.02. The van der Waals surface area contributed by atoms with Crippen molar-refractivity contribution in [1.29, 1.82) is 0 Å². The van der Waals surface area contributed by atoms with Crippen molar-refractivity contribution in [2.24, 2.45) is 0 Å². The van der Waals surface area contributed by atoms with Crippen molar-refractivity contribution in [2.75, 3.05) is 23.3 Å². The van der Waals surface area contributed by atoms with Crippen LogP contribution in [0.4, 0.5) is 20.3 Å². The molecule has 0 radical (unpaired) electrons. The van der Waals surface area contributed by atoms with Crippen LogP contribution in [-0.4, -0.2) is 41.2 Å². The SMILES string of the molecule is CC1CN(c2ccc(C(=O)Nc3cncc(C(F)F)c3)cn2)CC(C)O1. The molecule has 0 spiro atoms. The number of ether oxygens (including phenoxy) is 1. The third-order valence-corrected chi connectivity index (χ3v) is 4.02. The van der Waals surface area contributed by atoms with Crippen LogP contribution in [0, 0.1) is 0 Å². The summed E-state index contributed by atoms with van der Waals surface area (Å²) >= 11 is 0. The molecule has 26 heavy (non-hydrogen) atoms. The van der Waals surface area contributed by atoms with Gasteiger partial charge in [-0.25, -0.2) is 13.8 Å². The summed E-state index contributed by atoms with van der Waals surface area (Å²) in [5.74, 6) is 0.339. The number of hydrogen-bond donors (Lipinski definition) is 1. The van der Waals surface area contributed by atoms with Crippen molar-refractivity contribution < 1.29 is 18.3 Å². The molecule has 1 aliphatic heterocycles. The molecule has 1 N–H and O–H groups in total. The monoisotopic (exact) mass is 362 g/mol. The minimum Gasteiger partial charge on any atom is -0.372 e. The Labute approximate surface area is 150 Å². The summed E-state index contributed by atoms with van der Waals surface area (Å²) in [7, 11) is 0. The molecular formula is C18H20F2N4O2. The summed E-state index contributed by atoms with van der Waals surface area (Å²) in [5.41, 5.74) is 0.310. The van der Waals surface area contributed by atoms with Crippen LogP contribution in [0.15, 0.2) is 36.8 Å². The molecule has 1 amide bonds. The van der Waals surface area contributed by atoms with Gasteiger partial charge in [0.15, 0.2) is 0 Å². The van der Waals surface area contributed by atoms with Crippen LogP contribution in [0.5, 0.6) is 0 Å². The van der Waals surface area contributed by atoms with Crippen LogP contribution >= 0.6 is 0 Å². The largest absolute Gasteiger partial charge is 0.372 e. The number of pyridine rings is 2. The molecule has 2 atom stereocenters. The highest BCUT2D eigenvalue weighted by atomic mass is 19.3.